The molecule has 2 aromatic rings. The Morgan fingerprint density at radius 3 is 2.57 bits per heavy atom. The van der Waals surface area contributed by atoms with Crippen molar-refractivity contribution in [1.29, 1.82) is 0 Å². The molecule has 1 aromatic heterocycles. The van der Waals surface area contributed by atoms with E-state index in [4.69, 9.17) is 4.74 Å². The third-order valence-electron chi connectivity index (χ3n) is 2.74. The van der Waals surface area contributed by atoms with Gasteiger partial charge < -0.3 is 10.1 Å². The number of benzene rings is 1. The Labute approximate surface area is 118 Å². The summed E-state index contributed by atoms with van der Waals surface area (Å²) in [5.41, 5.74) is -0.240. The fourth-order valence-corrected chi connectivity index (χ4v) is 1.68. The van der Waals surface area contributed by atoms with Gasteiger partial charge in [-0.1, -0.05) is 0 Å². The van der Waals surface area contributed by atoms with Gasteiger partial charge in [0.1, 0.15) is 0 Å². The molecule has 0 saturated heterocycles. The number of rotatable bonds is 6. The predicted molar refractivity (Wildman–Crippen MR) is 67.7 cm³/mol. The van der Waals surface area contributed by atoms with Crippen LogP contribution in [0.15, 0.2) is 24.3 Å². The average molecular weight is 301 g/mol. The minimum absolute atomic E-state index is 0.386. The first-order chi connectivity index (χ1) is 10.0. The van der Waals surface area contributed by atoms with Gasteiger partial charge >= 0.3 is 6.18 Å². The maximum Gasteiger partial charge on any atom is 0.416 e. The number of aromatic nitrogens is 4. The van der Waals surface area contributed by atoms with Crippen LogP contribution in [0.5, 0.6) is 0 Å². The Hall–Kier alpha value is -2.00. The van der Waals surface area contributed by atoms with Crippen LogP contribution >= 0.6 is 0 Å². The van der Waals surface area contributed by atoms with E-state index in [0.29, 0.717) is 31.2 Å². The normalized spacial score (nSPS) is 11.8. The Morgan fingerprint density at radius 2 is 1.95 bits per heavy atom. The lowest BCUT2D eigenvalue weighted by Gasteiger charge is -2.09. The van der Waals surface area contributed by atoms with Crippen LogP contribution in [0.25, 0.3) is 5.69 Å². The Bertz CT molecular complexity index is 567. The van der Waals surface area contributed by atoms with Crippen molar-refractivity contribution in [2.24, 2.45) is 0 Å². The summed E-state index contributed by atoms with van der Waals surface area (Å²) in [7, 11) is 1.59. The molecule has 21 heavy (non-hydrogen) atoms. The summed E-state index contributed by atoms with van der Waals surface area (Å²) in [5, 5.41) is 14.2. The lowest BCUT2D eigenvalue weighted by atomic mass is 10.2. The zero-order valence-corrected chi connectivity index (χ0v) is 11.3. The molecule has 114 valence electrons. The quantitative estimate of drug-likeness (QED) is 0.817. The SMILES string of the molecule is COCCNCc1nnnn1-c1ccc(C(F)(F)F)cc1. The van der Waals surface area contributed by atoms with Gasteiger partial charge in [0, 0.05) is 13.7 Å². The molecule has 0 atom stereocenters. The molecule has 1 aromatic carbocycles. The minimum Gasteiger partial charge on any atom is -0.383 e. The summed E-state index contributed by atoms with van der Waals surface area (Å²) in [5.74, 6) is 0.505. The van der Waals surface area contributed by atoms with Gasteiger partial charge in [-0.05, 0) is 34.7 Å². The van der Waals surface area contributed by atoms with Gasteiger partial charge in [-0.25, -0.2) is 0 Å². The van der Waals surface area contributed by atoms with Crippen LogP contribution in [-0.4, -0.2) is 40.5 Å². The zero-order valence-electron chi connectivity index (χ0n) is 11.3. The highest BCUT2D eigenvalue weighted by atomic mass is 19.4. The second kappa shape index (κ2) is 6.64. The lowest BCUT2D eigenvalue weighted by molar-refractivity contribution is -0.137. The van der Waals surface area contributed by atoms with Crippen LogP contribution < -0.4 is 5.32 Å². The first-order valence-electron chi connectivity index (χ1n) is 6.17. The molecule has 0 radical (unpaired) electrons. The van der Waals surface area contributed by atoms with Gasteiger partial charge in [0.05, 0.1) is 24.4 Å². The number of halogens is 3. The summed E-state index contributed by atoms with van der Waals surface area (Å²) in [6.45, 7) is 1.55. The predicted octanol–water partition coefficient (Wildman–Crippen LogP) is 1.42. The number of methoxy groups -OCH3 is 1. The summed E-state index contributed by atoms with van der Waals surface area (Å²) in [6.07, 6.45) is -4.36. The van der Waals surface area contributed by atoms with Crippen molar-refractivity contribution in [3.8, 4) is 5.69 Å². The monoisotopic (exact) mass is 301 g/mol. The standard InChI is InChI=1S/C12H14F3N5O/c1-21-7-6-16-8-11-17-18-19-20(11)10-4-2-9(3-5-10)12(13,14)15/h2-5,16H,6-8H2,1H3. The Morgan fingerprint density at radius 1 is 1.24 bits per heavy atom. The molecule has 0 saturated carbocycles. The molecule has 1 heterocycles. The van der Waals surface area contributed by atoms with E-state index in [-0.39, 0.29) is 0 Å². The second-order valence-electron chi connectivity index (χ2n) is 4.22. The number of tetrazole rings is 1. The molecule has 1 N–H and O–H groups in total. The van der Waals surface area contributed by atoms with Crippen molar-refractivity contribution in [3.05, 3.63) is 35.7 Å². The lowest BCUT2D eigenvalue weighted by Crippen LogP contribution is -2.21. The number of hydrogen-bond donors (Lipinski definition) is 1. The first-order valence-corrected chi connectivity index (χ1v) is 6.17. The van der Waals surface area contributed by atoms with Gasteiger partial charge in [-0.2, -0.15) is 17.9 Å². The molecule has 0 fully saturated rings. The fourth-order valence-electron chi connectivity index (χ4n) is 1.68. The van der Waals surface area contributed by atoms with E-state index >= 15 is 0 Å². The number of alkyl halides is 3. The van der Waals surface area contributed by atoms with Gasteiger partial charge in [-0.15, -0.1) is 5.10 Å². The van der Waals surface area contributed by atoms with E-state index in [0.717, 1.165) is 12.1 Å². The van der Waals surface area contributed by atoms with Crippen molar-refractivity contribution < 1.29 is 17.9 Å². The molecule has 9 heteroatoms. The van der Waals surface area contributed by atoms with Crippen LogP contribution in [0.2, 0.25) is 0 Å². The second-order valence-corrected chi connectivity index (χ2v) is 4.22. The summed E-state index contributed by atoms with van der Waals surface area (Å²) in [6, 6.07) is 4.66. The third-order valence-corrected chi connectivity index (χ3v) is 2.74. The van der Waals surface area contributed by atoms with E-state index in [1.807, 2.05) is 0 Å². The number of hydrogen-bond acceptors (Lipinski definition) is 5. The highest BCUT2D eigenvalue weighted by Crippen LogP contribution is 2.29. The first kappa shape index (κ1) is 15.4. The van der Waals surface area contributed by atoms with E-state index in [9.17, 15) is 13.2 Å². The van der Waals surface area contributed by atoms with E-state index in [1.54, 1.807) is 7.11 Å². The van der Waals surface area contributed by atoms with Crippen molar-refractivity contribution >= 4 is 0 Å². The Balaban J connectivity index is 2.10. The van der Waals surface area contributed by atoms with Crippen molar-refractivity contribution in [1.82, 2.24) is 25.5 Å². The largest absolute Gasteiger partial charge is 0.416 e. The average Bonchev–Trinajstić information content (AvgIpc) is 2.91. The number of nitrogens with one attached hydrogen (secondary N) is 1. The zero-order chi connectivity index (χ0) is 15.3. The molecule has 0 amide bonds. The number of nitrogens with zero attached hydrogens (tertiary/aromatic N) is 4. The molecule has 2 rings (SSSR count). The summed E-state index contributed by atoms with van der Waals surface area (Å²) < 4.78 is 43.8. The fraction of sp³-hybridized carbons (Fsp3) is 0.417. The van der Waals surface area contributed by atoms with Crippen molar-refractivity contribution in [2.75, 3.05) is 20.3 Å². The van der Waals surface area contributed by atoms with Gasteiger partial charge in [0.2, 0.25) is 0 Å². The van der Waals surface area contributed by atoms with Crippen LogP contribution in [0.3, 0.4) is 0 Å². The molecule has 6 nitrogen and oxygen atoms in total. The molecular weight excluding hydrogens is 287 g/mol. The summed E-state index contributed by atoms with van der Waals surface area (Å²) in [4.78, 5) is 0. The third kappa shape index (κ3) is 3.99. The minimum atomic E-state index is -4.36. The van der Waals surface area contributed by atoms with Crippen molar-refractivity contribution in [3.63, 3.8) is 0 Å². The maximum atomic E-state index is 12.5. The molecule has 0 aliphatic heterocycles. The molecule has 0 spiro atoms. The van der Waals surface area contributed by atoms with Gasteiger partial charge in [0.25, 0.3) is 0 Å². The molecule has 0 aliphatic carbocycles. The molecule has 0 aliphatic rings. The maximum absolute atomic E-state index is 12.5. The van der Waals surface area contributed by atoms with Gasteiger partial charge in [-0.3, -0.25) is 0 Å². The Kier molecular flexibility index (Phi) is 4.86. The summed E-state index contributed by atoms with van der Waals surface area (Å²) >= 11 is 0. The molecule has 0 bridgehead atoms. The number of ether oxygens (including phenoxy) is 1. The highest BCUT2D eigenvalue weighted by Gasteiger charge is 2.30. The van der Waals surface area contributed by atoms with Crippen LogP contribution in [0, 0.1) is 0 Å². The van der Waals surface area contributed by atoms with Crippen LogP contribution in [-0.2, 0) is 17.5 Å². The van der Waals surface area contributed by atoms with E-state index < -0.39 is 11.7 Å². The van der Waals surface area contributed by atoms with Gasteiger partial charge in [0.15, 0.2) is 5.82 Å². The highest BCUT2D eigenvalue weighted by molar-refractivity contribution is 5.35. The van der Waals surface area contributed by atoms with E-state index in [2.05, 4.69) is 20.8 Å². The molecule has 0 unspecified atom stereocenters. The van der Waals surface area contributed by atoms with E-state index in [1.165, 1.54) is 16.8 Å². The van der Waals surface area contributed by atoms with Crippen LogP contribution in [0.4, 0.5) is 13.2 Å². The topological polar surface area (TPSA) is 64.9 Å². The smallest absolute Gasteiger partial charge is 0.383 e. The van der Waals surface area contributed by atoms with Crippen molar-refractivity contribution in [2.45, 2.75) is 12.7 Å². The van der Waals surface area contributed by atoms with Crippen LogP contribution in [0.1, 0.15) is 11.4 Å². The molecular formula is C12H14F3N5O.